The van der Waals surface area contributed by atoms with Crippen molar-refractivity contribution in [1.82, 2.24) is 15.1 Å². The average molecular weight is 262 g/mol. The Morgan fingerprint density at radius 3 is 2.68 bits per heavy atom. The molecule has 0 spiro atoms. The fourth-order valence-electron chi connectivity index (χ4n) is 3.80. The molecular weight excluding hydrogens is 240 g/mol. The van der Waals surface area contributed by atoms with Crippen LogP contribution in [0.1, 0.15) is 42.5 Å². The molecule has 2 aliphatic rings. The number of hydrogen-bond donors (Lipinski definition) is 2. The molecule has 0 aromatic carbocycles. The third-order valence-corrected chi connectivity index (χ3v) is 4.64. The second kappa shape index (κ2) is 4.96. The number of aromatic nitrogens is 2. The maximum Gasteiger partial charge on any atom is 0.254 e. The second-order valence-electron chi connectivity index (χ2n) is 6.08. The number of nitrogens with two attached hydrogens (primary N) is 1. The van der Waals surface area contributed by atoms with E-state index < -0.39 is 0 Å². The summed E-state index contributed by atoms with van der Waals surface area (Å²) in [5.41, 5.74) is 6.76. The number of rotatable bonds is 2. The molecule has 3 N–H and O–H groups in total. The average Bonchev–Trinajstić information content (AvgIpc) is 2.77. The van der Waals surface area contributed by atoms with E-state index in [0.717, 1.165) is 12.8 Å². The van der Waals surface area contributed by atoms with Gasteiger partial charge in [0.1, 0.15) is 0 Å². The van der Waals surface area contributed by atoms with Crippen LogP contribution in [0.4, 0.5) is 0 Å². The van der Waals surface area contributed by atoms with Crippen molar-refractivity contribution in [3.8, 4) is 0 Å². The molecule has 0 saturated heterocycles. The number of carbonyl (C=O) groups is 1. The van der Waals surface area contributed by atoms with Crippen LogP contribution >= 0.6 is 0 Å². The van der Waals surface area contributed by atoms with E-state index >= 15 is 0 Å². The van der Waals surface area contributed by atoms with Gasteiger partial charge in [0, 0.05) is 25.3 Å². The van der Waals surface area contributed by atoms with Gasteiger partial charge in [-0.1, -0.05) is 6.42 Å². The van der Waals surface area contributed by atoms with Crippen molar-refractivity contribution in [2.45, 2.75) is 44.2 Å². The molecule has 1 aromatic heterocycles. The Kier molecular flexibility index (Phi) is 3.31. The quantitative estimate of drug-likeness (QED) is 0.837. The predicted octanol–water partition coefficient (Wildman–Crippen LogP) is 1.06. The van der Waals surface area contributed by atoms with Crippen LogP contribution in [0, 0.1) is 11.8 Å². The van der Waals surface area contributed by atoms with Crippen LogP contribution in [0.2, 0.25) is 0 Å². The minimum Gasteiger partial charge on any atom is -0.349 e. The Hall–Kier alpha value is -1.36. The van der Waals surface area contributed by atoms with Gasteiger partial charge in [-0.25, -0.2) is 0 Å². The van der Waals surface area contributed by atoms with Crippen LogP contribution in [-0.4, -0.2) is 27.8 Å². The smallest absolute Gasteiger partial charge is 0.254 e. The van der Waals surface area contributed by atoms with Gasteiger partial charge < -0.3 is 11.1 Å². The van der Waals surface area contributed by atoms with E-state index in [1.165, 1.54) is 19.3 Å². The first-order valence-corrected chi connectivity index (χ1v) is 7.18. The molecule has 3 rings (SSSR count). The zero-order valence-electron chi connectivity index (χ0n) is 11.4. The Labute approximate surface area is 113 Å². The van der Waals surface area contributed by atoms with Gasteiger partial charge in [-0.3, -0.25) is 9.48 Å². The number of amides is 1. The molecule has 5 heteroatoms. The molecule has 0 aliphatic heterocycles. The standard InChI is InChI=1S/C14H22N4O/c1-18-8-11(7-16-18)14(19)17-13-9-3-2-4-10(13)6-12(15)5-9/h7-10,12-13H,2-6,15H2,1H3,(H,17,19). The van der Waals surface area contributed by atoms with Gasteiger partial charge in [-0.2, -0.15) is 5.10 Å². The molecule has 5 nitrogen and oxygen atoms in total. The lowest BCUT2D eigenvalue weighted by molar-refractivity contribution is 0.0756. The van der Waals surface area contributed by atoms with E-state index in [1.807, 2.05) is 7.05 Å². The number of hydrogen-bond acceptors (Lipinski definition) is 3. The molecule has 2 saturated carbocycles. The lowest BCUT2D eigenvalue weighted by atomic mass is 9.67. The number of aryl methyl sites for hydroxylation is 1. The number of fused-ring (bicyclic) bond motifs is 2. The molecule has 1 amide bonds. The summed E-state index contributed by atoms with van der Waals surface area (Å²) in [4.78, 5) is 12.2. The van der Waals surface area contributed by atoms with E-state index in [4.69, 9.17) is 5.73 Å². The summed E-state index contributed by atoms with van der Waals surface area (Å²) in [5.74, 6) is 1.12. The summed E-state index contributed by atoms with van der Waals surface area (Å²) in [5, 5.41) is 7.27. The van der Waals surface area contributed by atoms with E-state index in [0.29, 0.717) is 29.5 Å². The predicted molar refractivity (Wildman–Crippen MR) is 72.5 cm³/mol. The van der Waals surface area contributed by atoms with Crippen molar-refractivity contribution in [3.05, 3.63) is 18.0 Å². The normalized spacial score (nSPS) is 34.0. The van der Waals surface area contributed by atoms with Gasteiger partial charge >= 0.3 is 0 Å². The zero-order chi connectivity index (χ0) is 13.4. The first kappa shape index (κ1) is 12.7. The van der Waals surface area contributed by atoms with Crippen molar-refractivity contribution in [1.29, 1.82) is 0 Å². The highest BCUT2D eigenvalue weighted by Crippen LogP contribution is 2.39. The Morgan fingerprint density at radius 1 is 1.42 bits per heavy atom. The maximum atomic E-state index is 12.2. The summed E-state index contributed by atoms with van der Waals surface area (Å²) >= 11 is 0. The van der Waals surface area contributed by atoms with E-state index in [9.17, 15) is 4.79 Å². The first-order chi connectivity index (χ1) is 9.13. The largest absolute Gasteiger partial charge is 0.349 e. The number of nitrogens with zero attached hydrogens (tertiary/aromatic N) is 2. The molecule has 19 heavy (non-hydrogen) atoms. The molecule has 1 aromatic rings. The summed E-state index contributed by atoms with van der Waals surface area (Å²) < 4.78 is 1.66. The van der Waals surface area contributed by atoms with Crippen LogP contribution in [0.5, 0.6) is 0 Å². The van der Waals surface area contributed by atoms with Gasteiger partial charge in [0.15, 0.2) is 0 Å². The summed E-state index contributed by atoms with van der Waals surface area (Å²) in [6, 6.07) is 0.628. The molecule has 2 bridgehead atoms. The highest BCUT2D eigenvalue weighted by Gasteiger charge is 2.39. The van der Waals surface area contributed by atoms with Crippen molar-refractivity contribution >= 4 is 5.91 Å². The summed E-state index contributed by atoms with van der Waals surface area (Å²) in [6.45, 7) is 0. The van der Waals surface area contributed by atoms with Crippen molar-refractivity contribution in [2.75, 3.05) is 0 Å². The van der Waals surface area contributed by atoms with Crippen LogP contribution in [0.25, 0.3) is 0 Å². The molecular formula is C14H22N4O. The van der Waals surface area contributed by atoms with Crippen LogP contribution in [-0.2, 0) is 7.05 Å². The monoisotopic (exact) mass is 262 g/mol. The third-order valence-electron chi connectivity index (χ3n) is 4.64. The highest BCUT2D eigenvalue weighted by molar-refractivity contribution is 5.93. The van der Waals surface area contributed by atoms with Crippen LogP contribution in [0.3, 0.4) is 0 Å². The fourth-order valence-corrected chi connectivity index (χ4v) is 3.80. The number of carbonyl (C=O) groups excluding carboxylic acids is 1. The Morgan fingerprint density at radius 2 is 2.11 bits per heavy atom. The van der Waals surface area contributed by atoms with Crippen molar-refractivity contribution < 1.29 is 4.79 Å². The SMILES string of the molecule is Cn1cc(C(=O)NC2C3CCCC2CC(N)C3)cn1. The molecule has 104 valence electrons. The zero-order valence-corrected chi connectivity index (χ0v) is 11.4. The topological polar surface area (TPSA) is 72.9 Å². The van der Waals surface area contributed by atoms with Gasteiger partial charge in [-0.05, 0) is 37.5 Å². The van der Waals surface area contributed by atoms with E-state index in [1.54, 1.807) is 17.1 Å². The summed E-state index contributed by atoms with van der Waals surface area (Å²) in [6.07, 6.45) is 9.16. The number of nitrogens with one attached hydrogen (secondary N) is 1. The van der Waals surface area contributed by atoms with Crippen molar-refractivity contribution in [2.24, 2.45) is 24.6 Å². The fraction of sp³-hybridized carbons (Fsp3) is 0.714. The lowest BCUT2D eigenvalue weighted by Crippen LogP contribution is -2.53. The molecule has 2 atom stereocenters. The third kappa shape index (κ3) is 2.52. The molecule has 0 radical (unpaired) electrons. The minimum absolute atomic E-state index is 0.00507. The first-order valence-electron chi connectivity index (χ1n) is 7.18. The van der Waals surface area contributed by atoms with Crippen molar-refractivity contribution in [3.63, 3.8) is 0 Å². The van der Waals surface area contributed by atoms with Gasteiger partial charge in [-0.15, -0.1) is 0 Å². The minimum atomic E-state index is 0.00507. The lowest BCUT2D eigenvalue weighted by Gasteiger charge is -2.45. The van der Waals surface area contributed by atoms with Gasteiger partial charge in [0.25, 0.3) is 5.91 Å². The van der Waals surface area contributed by atoms with Crippen LogP contribution < -0.4 is 11.1 Å². The van der Waals surface area contributed by atoms with Gasteiger partial charge in [0.05, 0.1) is 11.8 Å². The highest BCUT2D eigenvalue weighted by atomic mass is 16.1. The van der Waals surface area contributed by atoms with Gasteiger partial charge in [0.2, 0.25) is 0 Å². The van der Waals surface area contributed by atoms with E-state index in [-0.39, 0.29) is 5.91 Å². The molecule has 1 heterocycles. The maximum absolute atomic E-state index is 12.2. The molecule has 2 unspecified atom stereocenters. The Balaban J connectivity index is 1.70. The van der Waals surface area contributed by atoms with Crippen LogP contribution in [0.15, 0.2) is 12.4 Å². The summed E-state index contributed by atoms with van der Waals surface area (Å²) in [7, 11) is 1.82. The molecule has 2 aliphatic carbocycles. The molecule has 2 fully saturated rings. The second-order valence-corrected chi connectivity index (χ2v) is 6.08. The Bertz CT molecular complexity index is 456. The van der Waals surface area contributed by atoms with E-state index in [2.05, 4.69) is 10.4 Å².